The molecule has 0 aliphatic carbocycles. The normalized spacial score (nSPS) is 15.4. The minimum Gasteiger partial charge on any atom is -0.318 e. The van der Waals surface area contributed by atoms with Gasteiger partial charge in [0.15, 0.2) is 0 Å². The standard InChI is InChI=1S/C26H24BrN3O3/c1-14-6-7-20(10-15(14)2)29-17(4)12-19(18(29)5)13-22-24(31)28-26(33)30(25(22)32)21-8-9-23(27)16(3)11-21/h6-13H,1-5H3,(H,28,31,33)/b22-13+. The summed E-state index contributed by atoms with van der Waals surface area (Å²) in [4.78, 5) is 39.4. The van der Waals surface area contributed by atoms with Crippen molar-refractivity contribution in [3.8, 4) is 5.69 Å². The number of nitrogens with zero attached hydrogens (tertiary/aromatic N) is 2. The fraction of sp³-hybridized carbons (Fsp3) is 0.192. The van der Waals surface area contributed by atoms with Crippen LogP contribution in [-0.4, -0.2) is 22.4 Å². The van der Waals surface area contributed by atoms with Gasteiger partial charge in [0, 0.05) is 21.5 Å². The first-order valence-electron chi connectivity index (χ1n) is 10.5. The van der Waals surface area contributed by atoms with Crippen LogP contribution in [0.1, 0.15) is 33.6 Å². The number of aromatic nitrogens is 1. The Balaban J connectivity index is 1.77. The van der Waals surface area contributed by atoms with Gasteiger partial charge in [-0.3, -0.25) is 14.9 Å². The lowest BCUT2D eigenvalue weighted by Crippen LogP contribution is -2.54. The summed E-state index contributed by atoms with van der Waals surface area (Å²) >= 11 is 3.42. The van der Waals surface area contributed by atoms with E-state index in [1.165, 1.54) is 11.1 Å². The maximum absolute atomic E-state index is 13.3. The van der Waals surface area contributed by atoms with Crippen LogP contribution >= 0.6 is 15.9 Å². The quantitative estimate of drug-likeness (QED) is 0.380. The molecular weight excluding hydrogens is 482 g/mol. The molecule has 2 heterocycles. The predicted molar refractivity (Wildman–Crippen MR) is 133 cm³/mol. The lowest BCUT2D eigenvalue weighted by Gasteiger charge is -2.26. The number of carbonyl (C=O) groups excluding carboxylic acids is 3. The third kappa shape index (κ3) is 4.04. The largest absolute Gasteiger partial charge is 0.335 e. The molecule has 33 heavy (non-hydrogen) atoms. The lowest BCUT2D eigenvalue weighted by molar-refractivity contribution is -0.122. The first kappa shape index (κ1) is 22.7. The third-order valence-electron chi connectivity index (χ3n) is 6.02. The van der Waals surface area contributed by atoms with E-state index in [-0.39, 0.29) is 5.57 Å². The molecule has 0 radical (unpaired) electrons. The monoisotopic (exact) mass is 505 g/mol. The van der Waals surface area contributed by atoms with E-state index in [4.69, 9.17) is 0 Å². The van der Waals surface area contributed by atoms with Gasteiger partial charge in [-0.05, 0) is 99.3 Å². The first-order chi connectivity index (χ1) is 15.6. The zero-order chi connectivity index (χ0) is 24.0. The highest BCUT2D eigenvalue weighted by molar-refractivity contribution is 9.10. The van der Waals surface area contributed by atoms with Gasteiger partial charge in [-0.25, -0.2) is 9.69 Å². The minimum absolute atomic E-state index is 0.0875. The van der Waals surface area contributed by atoms with E-state index in [1.54, 1.807) is 24.3 Å². The van der Waals surface area contributed by atoms with E-state index in [0.717, 1.165) is 37.6 Å². The molecule has 7 heteroatoms. The number of barbiturate groups is 1. The molecule has 0 bridgehead atoms. The Morgan fingerprint density at radius 1 is 0.818 bits per heavy atom. The summed E-state index contributed by atoms with van der Waals surface area (Å²) in [5.74, 6) is -1.35. The van der Waals surface area contributed by atoms with Crippen molar-refractivity contribution in [2.45, 2.75) is 34.6 Å². The Kier molecular flexibility index (Phi) is 5.84. The van der Waals surface area contributed by atoms with Crippen LogP contribution in [0.4, 0.5) is 10.5 Å². The number of nitrogens with one attached hydrogen (secondary N) is 1. The fourth-order valence-electron chi connectivity index (χ4n) is 4.01. The van der Waals surface area contributed by atoms with Gasteiger partial charge in [-0.15, -0.1) is 0 Å². The van der Waals surface area contributed by atoms with Crippen LogP contribution in [0.3, 0.4) is 0 Å². The minimum atomic E-state index is -0.760. The number of hydrogen-bond donors (Lipinski definition) is 1. The van der Waals surface area contributed by atoms with Crippen LogP contribution in [0.5, 0.6) is 0 Å². The fourth-order valence-corrected chi connectivity index (χ4v) is 4.26. The molecule has 0 saturated carbocycles. The molecule has 6 nitrogen and oxygen atoms in total. The number of anilines is 1. The van der Waals surface area contributed by atoms with Gasteiger partial charge < -0.3 is 4.57 Å². The molecular formula is C26H24BrN3O3. The summed E-state index contributed by atoms with van der Waals surface area (Å²) < 4.78 is 2.95. The molecule has 4 amide bonds. The number of carbonyl (C=O) groups is 3. The summed E-state index contributed by atoms with van der Waals surface area (Å²) in [6.07, 6.45) is 1.56. The second-order valence-corrected chi connectivity index (χ2v) is 9.18. The molecule has 168 valence electrons. The topological polar surface area (TPSA) is 71.4 Å². The highest BCUT2D eigenvalue weighted by Crippen LogP contribution is 2.28. The number of hydrogen-bond acceptors (Lipinski definition) is 3. The number of aryl methyl sites for hydroxylation is 4. The van der Waals surface area contributed by atoms with E-state index in [0.29, 0.717) is 5.69 Å². The molecule has 0 unspecified atom stereocenters. The highest BCUT2D eigenvalue weighted by Gasteiger charge is 2.37. The maximum atomic E-state index is 13.3. The van der Waals surface area contributed by atoms with Crippen molar-refractivity contribution in [3.05, 3.63) is 86.2 Å². The smallest absolute Gasteiger partial charge is 0.318 e. The van der Waals surface area contributed by atoms with Gasteiger partial charge in [0.2, 0.25) is 0 Å². The van der Waals surface area contributed by atoms with Crippen molar-refractivity contribution in [1.29, 1.82) is 0 Å². The number of rotatable bonds is 3. The Bertz CT molecular complexity index is 1370. The SMILES string of the molecule is Cc1ccc(-n2c(C)cc(/C=C3\C(=O)NC(=O)N(c4ccc(Br)c(C)c4)C3=O)c2C)cc1C. The second kappa shape index (κ2) is 8.48. The van der Waals surface area contributed by atoms with Crippen molar-refractivity contribution in [2.75, 3.05) is 4.90 Å². The summed E-state index contributed by atoms with van der Waals surface area (Å²) in [6.45, 7) is 9.92. The van der Waals surface area contributed by atoms with Crippen LogP contribution in [0.25, 0.3) is 11.8 Å². The molecule has 1 aromatic heterocycles. The third-order valence-corrected chi connectivity index (χ3v) is 6.91. The van der Waals surface area contributed by atoms with Crippen LogP contribution in [0, 0.1) is 34.6 Å². The average Bonchev–Trinajstić information content (AvgIpc) is 3.03. The molecule has 1 saturated heterocycles. The van der Waals surface area contributed by atoms with E-state index in [1.807, 2.05) is 32.9 Å². The van der Waals surface area contributed by atoms with Gasteiger partial charge in [-0.2, -0.15) is 0 Å². The molecule has 0 atom stereocenters. The first-order valence-corrected chi connectivity index (χ1v) is 11.3. The highest BCUT2D eigenvalue weighted by atomic mass is 79.9. The van der Waals surface area contributed by atoms with Gasteiger partial charge >= 0.3 is 6.03 Å². The number of benzene rings is 2. The summed E-state index contributed by atoms with van der Waals surface area (Å²) in [5.41, 5.74) is 7.20. The van der Waals surface area contributed by atoms with Crippen molar-refractivity contribution >= 4 is 45.5 Å². The van der Waals surface area contributed by atoms with Crippen LogP contribution in [-0.2, 0) is 9.59 Å². The van der Waals surface area contributed by atoms with Crippen molar-refractivity contribution in [3.63, 3.8) is 0 Å². The Morgan fingerprint density at radius 2 is 1.48 bits per heavy atom. The molecule has 3 aromatic rings. The average molecular weight is 506 g/mol. The zero-order valence-corrected chi connectivity index (χ0v) is 20.7. The van der Waals surface area contributed by atoms with Gasteiger partial charge in [0.25, 0.3) is 11.8 Å². The van der Waals surface area contributed by atoms with Gasteiger partial charge in [-0.1, -0.05) is 22.0 Å². The lowest BCUT2D eigenvalue weighted by atomic mass is 10.1. The van der Waals surface area contributed by atoms with Crippen molar-refractivity contribution in [1.82, 2.24) is 9.88 Å². The Hall–Kier alpha value is -3.45. The van der Waals surface area contributed by atoms with Crippen molar-refractivity contribution in [2.24, 2.45) is 0 Å². The maximum Gasteiger partial charge on any atom is 0.335 e. The molecule has 2 aromatic carbocycles. The number of amides is 4. The summed E-state index contributed by atoms with van der Waals surface area (Å²) in [5, 5.41) is 2.29. The summed E-state index contributed by atoms with van der Waals surface area (Å²) in [7, 11) is 0. The number of imide groups is 2. The van der Waals surface area contributed by atoms with E-state index < -0.39 is 17.8 Å². The van der Waals surface area contributed by atoms with Crippen LogP contribution < -0.4 is 10.2 Å². The van der Waals surface area contributed by atoms with E-state index in [2.05, 4.69) is 51.8 Å². The number of halogens is 1. The van der Waals surface area contributed by atoms with Crippen LogP contribution in [0.15, 0.2) is 52.5 Å². The Labute approximate surface area is 201 Å². The van der Waals surface area contributed by atoms with Gasteiger partial charge in [0.05, 0.1) is 5.69 Å². The Morgan fingerprint density at radius 3 is 2.15 bits per heavy atom. The van der Waals surface area contributed by atoms with Gasteiger partial charge in [0.1, 0.15) is 5.57 Å². The molecule has 4 rings (SSSR count). The molecule has 1 N–H and O–H groups in total. The molecule has 0 spiro atoms. The molecule has 1 fully saturated rings. The van der Waals surface area contributed by atoms with Crippen molar-refractivity contribution < 1.29 is 14.4 Å². The van der Waals surface area contributed by atoms with E-state index >= 15 is 0 Å². The number of urea groups is 1. The zero-order valence-electron chi connectivity index (χ0n) is 19.1. The molecule has 1 aliphatic heterocycles. The second-order valence-electron chi connectivity index (χ2n) is 8.32. The van der Waals surface area contributed by atoms with Crippen LogP contribution in [0.2, 0.25) is 0 Å². The summed E-state index contributed by atoms with van der Waals surface area (Å²) in [6, 6.07) is 12.6. The molecule has 1 aliphatic rings. The predicted octanol–water partition coefficient (Wildman–Crippen LogP) is 5.45. The van der Waals surface area contributed by atoms with E-state index in [9.17, 15) is 14.4 Å².